The highest BCUT2D eigenvalue weighted by Gasteiger charge is 2.85. The van der Waals surface area contributed by atoms with Crippen LogP contribution in [0.4, 0.5) is 0 Å². The van der Waals surface area contributed by atoms with E-state index in [1.807, 2.05) is 6.07 Å². The van der Waals surface area contributed by atoms with Crippen molar-refractivity contribution < 1.29 is 23.7 Å². The zero-order chi connectivity index (χ0) is 17.9. The van der Waals surface area contributed by atoms with Crippen LogP contribution in [0.15, 0.2) is 12.1 Å². The summed E-state index contributed by atoms with van der Waals surface area (Å²) in [6.07, 6.45) is 2.57. The van der Waals surface area contributed by atoms with Gasteiger partial charge in [0.25, 0.3) is 0 Å². The van der Waals surface area contributed by atoms with Gasteiger partial charge in [0, 0.05) is 32.2 Å². The van der Waals surface area contributed by atoms with Gasteiger partial charge in [0.1, 0.15) is 11.7 Å². The minimum atomic E-state index is -0.888. The molecule has 26 heavy (non-hydrogen) atoms. The predicted molar refractivity (Wildman–Crippen MR) is 92.8 cm³/mol. The smallest absolute Gasteiger partial charge is 0.233 e. The van der Waals surface area contributed by atoms with Gasteiger partial charge in [-0.15, -0.1) is 0 Å². The Morgan fingerprint density at radius 3 is 2.65 bits per heavy atom. The molecule has 5 atom stereocenters. The Bertz CT molecular complexity index is 800. The molecule has 3 saturated heterocycles. The number of likely N-dealkylation sites (N-methyl/N-ethyl adjacent to an activating group) is 1. The van der Waals surface area contributed by atoms with Crippen LogP contribution >= 0.6 is 0 Å². The summed E-state index contributed by atoms with van der Waals surface area (Å²) in [5.74, 6) is 0.770. The summed E-state index contributed by atoms with van der Waals surface area (Å²) >= 11 is 0. The lowest BCUT2D eigenvalue weighted by Crippen LogP contribution is -2.89. The van der Waals surface area contributed by atoms with Crippen molar-refractivity contribution in [1.82, 2.24) is 4.90 Å². The van der Waals surface area contributed by atoms with Gasteiger partial charge in [0.05, 0.1) is 12.5 Å². The van der Waals surface area contributed by atoms with E-state index >= 15 is 0 Å². The van der Waals surface area contributed by atoms with Gasteiger partial charge < -0.3 is 28.6 Å². The number of likely N-dealkylation sites (tertiary alicyclic amines) is 1. The van der Waals surface area contributed by atoms with Gasteiger partial charge in [-0.3, -0.25) is 0 Å². The molecule has 4 heterocycles. The van der Waals surface area contributed by atoms with Gasteiger partial charge in [-0.2, -0.15) is 0 Å². The third kappa shape index (κ3) is 1.29. The molecule has 0 radical (unpaired) electrons. The van der Waals surface area contributed by atoms with Crippen LogP contribution in [0.3, 0.4) is 0 Å². The Balaban J connectivity index is 1.68. The van der Waals surface area contributed by atoms with Crippen molar-refractivity contribution in [2.45, 2.75) is 54.3 Å². The first kappa shape index (κ1) is 15.7. The highest BCUT2D eigenvalue weighted by molar-refractivity contribution is 5.64. The highest BCUT2D eigenvalue weighted by Crippen LogP contribution is 2.73. The van der Waals surface area contributed by atoms with Crippen LogP contribution in [-0.4, -0.2) is 69.5 Å². The number of piperidine rings is 1. The molecule has 2 aliphatic carbocycles. The Kier molecular flexibility index (Phi) is 2.75. The fourth-order valence-corrected chi connectivity index (χ4v) is 6.88. The van der Waals surface area contributed by atoms with E-state index in [-0.39, 0.29) is 23.2 Å². The minimum absolute atomic E-state index is 0.105. The average molecular weight is 359 g/mol. The highest BCUT2D eigenvalue weighted by atomic mass is 16.7. The molecule has 140 valence electrons. The maximum absolute atomic E-state index is 6.71. The maximum atomic E-state index is 6.71. The molecule has 6 heteroatoms. The molecule has 2 spiro atoms. The Morgan fingerprint density at radius 2 is 1.96 bits per heavy atom. The van der Waals surface area contributed by atoms with Crippen molar-refractivity contribution in [3.05, 3.63) is 23.3 Å². The van der Waals surface area contributed by atoms with E-state index in [0.717, 1.165) is 37.3 Å². The van der Waals surface area contributed by atoms with Crippen LogP contribution in [0.5, 0.6) is 11.5 Å². The van der Waals surface area contributed by atoms with Crippen molar-refractivity contribution in [3.63, 3.8) is 0 Å². The molecule has 0 aromatic heterocycles. The van der Waals surface area contributed by atoms with Crippen molar-refractivity contribution >= 4 is 0 Å². The molecule has 0 N–H and O–H groups in total. The standard InChI is InChI=1S/C20H25NO5/c1-21-8-7-18-15-11-5-6-12(22-2)16(15)25-17(18)20(23-3,24-4)14-10-19(18,26-14)13(21)9-11/h5-6,13-14,17H,7-10H2,1-4H3/t13-,14-,17-,18+,19-/m1/s1. The molecule has 0 unspecified atom stereocenters. The first-order valence-corrected chi connectivity index (χ1v) is 9.43. The number of rotatable bonds is 3. The SMILES string of the molecule is COc1ccc2c3c1O[C@H]1C(OC)(OC)[C@H]4C[C@@]5(O4)[C@@H](C2)N(C)CC[C@]315. The zero-order valence-electron chi connectivity index (χ0n) is 15.7. The minimum Gasteiger partial charge on any atom is -0.493 e. The lowest BCUT2D eigenvalue weighted by Gasteiger charge is -2.74. The summed E-state index contributed by atoms with van der Waals surface area (Å²) in [5.41, 5.74) is 2.16. The topological polar surface area (TPSA) is 49.4 Å². The Hall–Kier alpha value is -1.34. The summed E-state index contributed by atoms with van der Waals surface area (Å²) in [7, 11) is 7.33. The maximum Gasteiger partial charge on any atom is 0.233 e. The van der Waals surface area contributed by atoms with Gasteiger partial charge in [0.15, 0.2) is 17.6 Å². The Morgan fingerprint density at radius 1 is 1.19 bits per heavy atom. The largest absolute Gasteiger partial charge is 0.493 e. The van der Waals surface area contributed by atoms with E-state index in [1.165, 1.54) is 11.1 Å². The molecule has 1 saturated carbocycles. The summed E-state index contributed by atoms with van der Waals surface area (Å²) < 4.78 is 31.0. The molecule has 1 aromatic rings. The van der Waals surface area contributed by atoms with Crippen LogP contribution in [0, 0.1) is 0 Å². The average Bonchev–Trinajstić information content (AvgIpc) is 2.99. The van der Waals surface area contributed by atoms with E-state index < -0.39 is 5.79 Å². The fourth-order valence-electron chi connectivity index (χ4n) is 6.88. The van der Waals surface area contributed by atoms with Crippen LogP contribution in [-0.2, 0) is 26.0 Å². The lowest BCUT2D eigenvalue weighted by molar-refractivity contribution is -0.446. The molecule has 7 rings (SSSR count). The molecule has 4 bridgehead atoms. The van der Waals surface area contributed by atoms with Crippen molar-refractivity contribution in [3.8, 4) is 11.5 Å². The number of hydrogen-bond donors (Lipinski definition) is 0. The second-order valence-corrected chi connectivity index (χ2v) is 8.38. The zero-order valence-corrected chi connectivity index (χ0v) is 15.7. The van der Waals surface area contributed by atoms with Crippen molar-refractivity contribution in [1.29, 1.82) is 0 Å². The fraction of sp³-hybridized carbons (Fsp3) is 0.700. The van der Waals surface area contributed by atoms with Gasteiger partial charge >= 0.3 is 0 Å². The number of ether oxygens (including phenoxy) is 5. The predicted octanol–water partition coefficient (Wildman–Crippen LogP) is 1.48. The molecule has 0 amide bonds. The first-order valence-electron chi connectivity index (χ1n) is 9.43. The van der Waals surface area contributed by atoms with Crippen LogP contribution in [0.1, 0.15) is 24.0 Å². The molecule has 4 aliphatic heterocycles. The van der Waals surface area contributed by atoms with E-state index in [2.05, 4.69) is 18.0 Å². The van der Waals surface area contributed by atoms with Crippen LogP contribution in [0.2, 0.25) is 0 Å². The number of methoxy groups -OCH3 is 3. The molecule has 6 aliphatic rings. The van der Waals surface area contributed by atoms with Gasteiger partial charge in [0.2, 0.25) is 5.79 Å². The van der Waals surface area contributed by atoms with E-state index in [1.54, 1.807) is 21.3 Å². The summed E-state index contributed by atoms with van der Waals surface area (Å²) in [5, 5.41) is 0. The normalized spacial score (nSPS) is 43.3. The van der Waals surface area contributed by atoms with Gasteiger partial charge in [-0.1, -0.05) is 6.07 Å². The quantitative estimate of drug-likeness (QED) is 0.762. The second-order valence-electron chi connectivity index (χ2n) is 8.38. The summed E-state index contributed by atoms with van der Waals surface area (Å²) in [4.78, 5) is 2.47. The van der Waals surface area contributed by atoms with Gasteiger partial charge in [-0.05, 0) is 38.1 Å². The molecule has 4 fully saturated rings. The first-order chi connectivity index (χ1) is 12.6. The van der Waals surface area contributed by atoms with Crippen molar-refractivity contribution in [2.24, 2.45) is 0 Å². The third-order valence-corrected chi connectivity index (χ3v) is 7.95. The third-order valence-electron chi connectivity index (χ3n) is 7.95. The molecule has 6 nitrogen and oxygen atoms in total. The number of benzene rings is 1. The van der Waals surface area contributed by atoms with E-state index in [9.17, 15) is 0 Å². The summed E-state index contributed by atoms with van der Waals surface area (Å²) in [6.45, 7) is 1.01. The summed E-state index contributed by atoms with van der Waals surface area (Å²) in [6, 6.07) is 4.59. The molecular formula is C20H25NO5. The van der Waals surface area contributed by atoms with E-state index in [4.69, 9.17) is 23.7 Å². The van der Waals surface area contributed by atoms with Crippen LogP contribution < -0.4 is 9.47 Å². The van der Waals surface area contributed by atoms with Crippen LogP contribution in [0.25, 0.3) is 0 Å². The lowest BCUT2D eigenvalue weighted by atomic mass is 9.45. The monoisotopic (exact) mass is 359 g/mol. The number of nitrogens with zero attached hydrogens (tertiary/aromatic N) is 1. The molecule has 1 aromatic carbocycles. The van der Waals surface area contributed by atoms with E-state index in [0.29, 0.717) is 6.04 Å². The molecular weight excluding hydrogens is 334 g/mol. The number of hydrogen-bond acceptors (Lipinski definition) is 6. The Labute approximate surface area is 153 Å². The second kappa shape index (κ2) is 4.55. The van der Waals surface area contributed by atoms with Crippen molar-refractivity contribution in [2.75, 3.05) is 34.9 Å². The van der Waals surface area contributed by atoms with Gasteiger partial charge in [-0.25, -0.2) is 0 Å².